The summed E-state index contributed by atoms with van der Waals surface area (Å²) in [6.07, 6.45) is 4.30. The smallest absolute Gasteiger partial charge is 0.248 e. The van der Waals surface area contributed by atoms with E-state index in [0.717, 1.165) is 25.7 Å². The van der Waals surface area contributed by atoms with Crippen molar-refractivity contribution in [3.63, 3.8) is 0 Å². The van der Waals surface area contributed by atoms with Crippen LogP contribution in [0.2, 0.25) is 0 Å². The number of nitrogens with zero attached hydrogens (tertiary/aromatic N) is 1. The third kappa shape index (κ3) is 2.45. The number of nitrogens with one attached hydrogen (secondary N) is 1. The molecule has 2 atom stereocenters. The van der Waals surface area contributed by atoms with Crippen LogP contribution in [0.1, 0.15) is 60.3 Å². The molecule has 2 amide bonds. The van der Waals surface area contributed by atoms with Gasteiger partial charge in [-0.15, -0.1) is 0 Å². The van der Waals surface area contributed by atoms with Gasteiger partial charge in [0.2, 0.25) is 11.8 Å². The number of amides is 2. The van der Waals surface area contributed by atoms with Crippen LogP contribution in [0.3, 0.4) is 0 Å². The lowest BCUT2D eigenvalue weighted by atomic mass is 9.83. The monoisotopic (exact) mass is 280 g/mol. The summed E-state index contributed by atoms with van der Waals surface area (Å²) in [5.74, 6) is 0.850. The standard InChI is InChI=1S/C16H28N2O2/c1-6-7-11(2)10-18-14(20)15(3,4)17-13(19)16(18,5)12-8-9-12/h11-12H,6-10H2,1-5H3,(H,17,19). The molecule has 0 aromatic rings. The Kier molecular flexibility index (Phi) is 3.87. The van der Waals surface area contributed by atoms with Gasteiger partial charge in [-0.3, -0.25) is 9.59 Å². The van der Waals surface area contributed by atoms with Crippen molar-refractivity contribution >= 4 is 11.8 Å². The van der Waals surface area contributed by atoms with Crippen molar-refractivity contribution in [1.82, 2.24) is 10.2 Å². The molecule has 0 bridgehead atoms. The lowest BCUT2D eigenvalue weighted by Crippen LogP contribution is -2.74. The highest BCUT2D eigenvalue weighted by atomic mass is 16.2. The molecule has 1 saturated carbocycles. The Morgan fingerprint density at radius 1 is 1.30 bits per heavy atom. The molecular formula is C16H28N2O2. The Hall–Kier alpha value is -1.06. The number of carbonyl (C=O) groups is 2. The summed E-state index contributed by atoms with van der Waals surface area (Å²) >= 11 is 0. The summed E-state index contributed by atoms with van der Waals surface area (Å²) in [5, 5.41) is 2.92. The number of carbonyl (C=O) groups excluding carboxylic acids is 2. The van der Waals surface area contributed by atoms with E-state index in [1.807, 2.05) is 11.8 Å². The van der Waals surface area contributed by atoms with E-state index in [0.29, 0.717) is 18.4 Å². The summed E-state index contributed by atoms with van der Waals surface area (Å²) < 4.78 is 0. The first kappa shape index (κ1) is 15.3. The molecule has 1 aliphatic carbocycles. The molecule has 1 saturated heterocycles. The van der Waals surface area contributed by atoms with Crippen LogP contribution in [0.5, 0.6) is 0 Å². The molecule has 20 heavy (non-hydrogen) atoms. The van der Waals surface area contributed by atoms with E-state index in [4.69, 9.17) is 0 Å². The number of hydrogen-bond acceptors (Lipinski definition) is 2. The van der Waals surface area contributed by atoms with Gasteiger partial charge in [-0.05, 0) is 51.9 Å². The zero-order chi connectivity index (χ0) is 15.1. The first-order chi connectivity index (χ1) is 9.23. The summed E-state index contributed by atoms with van der Waals surface area (Å²) in [6, 6.07) is 0. The van der Waals surface area contributed by atoms with Crippen LogP contribution < -0.4 is 5.32 Å². The second kappa shape index (κ2) is 5.05. The third-order valence-electron chi connectivity index (χ3n) is 4.87. The predicted molar refractivity (Wildman–Crippen MR) is 79.1 cm³/mol. The molecule has 2 fully saturated rings. The van der Waals surface area contributed by atoms with Gasteiger partial charge >= 0.3 is 0 Å². The SMILES string of the molecule is CCCC(C)CN1C(=O)C(C)(C)NC(=O)C1(C)C1CC1. The molecule has 0 spiro atoms. The topological polar surface area (TPSA) is 49.4 Å². The van der Waals surface area contributed by atoms with Crippen molar-refractivity contribution in [3.8, 4) is 0 Å². The van der Waals surface area contributed by atoms with E-state index in [1.165, 1.54) is 0 Å². The molecule has 4 nitrogen and oxygen atoms in total. The molecule has 1 aliphatic heterocycles. The van der Waals surface area contributed by atoms with Crippen LogP contribution >= 0.6 is 0 Å². The molecular weight excluding hydrogens is 252 g/mol. The zero-order valence-electron chi connectivity index (χ0n) is 13.5. The van der Waals surface area contributed by atoms with Crippen molar-refractivity contribution in [2.45, 2.75) is 71.4 Å². The van der Waals surface area contributed by atoms with Gasteiger partial charge in [-0.2, -0.15) is 0 Å². The van der Waals surface area contributed by atoms with E-state index in [1.54, 1.807) is 13.8 Å². The molecule has 0 radical (unpaired) electrons. The molecule has 1 heterocycles. The lowest BCUT2D eigenvalue weighted by molar-refractivity contribution is -0.163. The highest BCUT2D eigenvalue weighted by Crippen LogP contribution is 2.46. The maximum atomic E-state index is 12.8. The number of piperazine rings is 1. The van der Waals surface area contributed by atoms with E-state index >= 15 is 0 Å². The van der Waals surface area contributed by atoms with Crippen molar-refractivity contribution in [1.29, 1.82) is 0 Å². The maximum absolute atomic E-state index is 12.8. The van der Waals surface area contributed by atoms with Crippen LogP contribution in [-0.2, 0) is 9.59 Å². The van der Waals surface area contributed by atoms with Crippen LogP contribution in [0.4, 0.5) is 0 Å². The second-order valence-corrected chi connectivity index (χ2v) is 7.31. The highest BCUT2D eigenvalue weighted by Gasteiger charge is 2.59. The predicted octanol–water partition coefficient (Wildman–Crippen LogP) is 2.33. The molecule has 2 unspecified atom stereocenters. The summed E-state index contributed by atoms with van der Waals surface area (Å²) in [4.78, 5) is 27.3. The summed E-state index contributed by atoms with van der Waals surface area (Å²) in [5.41, 5.74) is -1.42. The Labute approximate surface area is 122 Å². The van der Waals surface area contributed by atoms with Crippen LogP contribution in [-0.4, -0.2) is 34.3 Å². The fraction of sp³-hybridized carbons (Fsp3) is 0.875. The molecule has 1 N–H and O–H groups in total. The van der Waals surface area contributed by atoms with Gasteiger partial charge < -0.3 is 10.2 Å². The number of hydrogen-bond donors (Lipinski definition) is 1. The normalized spacial score (nSPS) is 31.1. The Balaban J connectivity index is 2.28. The first-order valence-electron chi connectivity index (χ1n) is 7.88. The quantitative estimate of drug-likeness (QED) is 0.840. The van der Waals surface area contributed by atoms with Crippen molar-refractivity contribution in [2.24, 2.45) is 11.8 Å². The van der Waals surface area contributed by atoms with E-state index in [-0.39, 0.29) is 11.8 Å². The minimum Gasteiger partial charge on any atom is -0.340 e. The lowest BCUT2D eigenvalue weighted by Gasteiger charge is -2.50. The molecule has 4 heteroatoms. The minimum atomic E-state index is -0.780. The fourth-order valence-electron chi connectivity index (χ4n) is 3.35. The molecule has 2 aliphatic rings. The van der Waals surface area contributed by atoms with Crippen molar-refractivity contribution < 1.29 is 9.59 Å². The van der Waals surface area contributed by atoms with Crippen molar-refractivity contribution in [2.75, 3.05) is 6.54 Å². The van der Waals surface area contributed by atoms with Crippen LogP contribution in [0.15, 0.2) is 0 Å². The largest absolute Gasteiger partial charge is 0.340 e. The maximum Gasteiger partial charge on any atom is 0.248 e. The Morgan fingerprint density at radius 3 is 2.40 bits per heavy atom. The van der Waals surface area contributed by atoms with Gasteiger partial charge in [-0.25, -0.2) is 0 Å². The number of rotatable bonds is 5. The Morgan fingerprint density at radius 2 is 1.90 bits per heavy atom. The Bertz CT molecular complexity index is 415. The van der Waals surface area contributed by atoms with Gasteiger partial charge in [0.15, 0.2) is 0 Å². The van der Waals surface area contributed by atoms with E-state index in [2.05, 4.69) is 19.2 Å². The fourth-order valence-corrected chi connectivity index (χ4v) is 3.35. The minimum absolute atomic E-state index is 0.0216. The van der Waals surface area contributed by atoms with E-state index < -0.39 is 11.1 Å². The first-order valence-corrected chi connectivity index (χ1v) is 7.88. The van der Waals surface area contributed by atoms with Gasteiger partial charge in [0.1, 0.15) is 11.1 Å². The van der Waals surface area contributed by atoms with Gasteiger partial charge in [-0.1, -0.05) is 20.3 Å². The second-order valence-electron chi connectivity index (χ2n) is 7.31. The van der Waals surface area contributed by atoms with Crippen LogP contribution in [0.25, 0.3) is 0 Å². The molecule has 0 aromatic heterocycles. The zero-order valence-corrected chi connectivity index (χ0v) is 13.5. The van der Waals surface area contributed by atoms with Gasteiger partial charge in [0, 0.05) is 6.54 Å². The van der Waals surface area contributed by atoms with Gasteiger partial charge in [0.05, 0.1) is 0 Å². The summed E-state index contributed by atoms with van der Waals surface area (Å²) in [6.45, 7) is 10.6. The van der Waals surface area contributed by atoms with E-state index in [9.17, 15) is 9.59 Å². The average Bonchev–Trinajstić information content (AvgIpc) is 3.16. The third-order valence-corrected chi connectivity index (χ3v) is 4.87. The average molecular weight is 280 g/mol. The molecule has 2 rings (SSSR count). The molecule has 114 valence electrons. The summed E-state index contributed by atoms with van der Waals surface area (Å²) in [7, 11) is 0. The van der Waals surface area contributed by atoms with Crippen LogP contribution in [0, 0.1) is 11.8 Å². The van der Waals surface area contributed by atoms with Crippen molar-refractivity contribution in [3.05, 3.63) is 0 Å². The highest BCUT2D eigenvalue weighted by molar-refractivity contribution is 6.02. The van der Waals surface area contributed by atoms with Gasteiger partial charge in [0.25, 0.3) is 0 Å². The molecule has 0 aromatic carbocycles.